The van der Waals surface area contributed by atoms with Gasteiger partial charge in [0.1, 0.15) is 24.1 Å². The number of thioether (sulfide) groups is 1. The number of imidazole rings is 1. The molecule has 4 atom stereocenters. The molecule has 0 radical (unpaired) electrons. The summed E-state index contributed by atoms with van der Waals surface area (Å²) in [6.07, 6.45) is -2.02. The topological polar surface area (TPSA) is 135 Å². The lowest BCUT2D eigenvalue weighted by molar-refractivity contribution is -0.0511. The fraction of sp³-hybridized carbons (Fsp3) is 0.346. The van der Waals surface area contributed by atoms with E-state index in [9.17, 15) is 15.3 Å². The smallest absolute Gasteiger partial charge is 0.191 e. The predicted octanol–water partition coefficient (Wildman–Crippen LogP) is 2.39. The molecule has 5 rings (SSSR count). The highest BCUT2D eigenvalue weighted by atomic mass is 32.2. The van der Waals surface area contributed by atoms with Crippen molar-refractivity contribution in [2.75, 3.05) is 25.6 Å². The first-order valence-electron chi connectivity index (χ1n) is 12.0. The molecule has 1 fully saturated rings. The summed E-state index contributed by atoms with van der Waals surface area (Å²) in [6.45, 7) is 0.203. The summed E-state index contributed by atoms with van der Waals surface area (Å²) < 4.78 is 12.5. The Labute approximate surface area is 218 Å². The van der Waals surface area contributed by atoms with Gasteiger partial charge in [-0.15, -0.1) is 0 Å². The molecule has 2 aromatic heterocycles. The molecule has 10 nitrogen and oxygen atoms in total. The minimum Gasteiger partial charge on any atom is -0.497 e. The number of hydrogen-bond acceptors (Lipinski definition) is 10. The summed E-state index contributed by atoms with van der Waals surface area (Å²) in [5, 5.41) is 34.3. The number of fused-ring (bicyclic) bond motifs is 1. The number of aromatic nitrogens is 4. The highest BCUT2D eigenvalue weighted by Crippen LogP contribution is 2.33. The van der Waals surface area contributed by atoms with E-state index < -0.39 is 31.1 Å². The number of nitrogens with one attached hydrogen (secondary N) is 1. The standard InChI is InChI=1S/C26H29N5O5S/c1-35-18-9-7-16(8-10-18)11-12-27-23-20-24(30-26(29-23)37-14-17-5-3-2-4-6-17)31(15-28-20)25-22(34)21(33)19(13-32)36-25/h2-10,15,19,21-22,25,32-34H,11-14H2,1H3,(H,27,29,30)/t19-,21-,22-,25-/m1/s1. The average Bonchev–Trinajstić information content (AvgIpc) is 3.48. The van der Waals surface area contributed by atoms with Crippen molar-refractivity contribution in [2.45, 2.75) is 41.9 Å². The van der Waals surface area contributed by atoms with Crippen LogP contribution in [0.4, 0.5) is 5.82 Å². The maximum absolute atomic E-state index is 10.6. The van der Waals surface area contributed by atoms with Crippen LogP contribution < -0.4 is 10.1 Å². The zero-order valence-corrected chi connectivity index (χ0v) is 21.1. The Morgan fingerprint density at radius 1 is 1.03 bits per heavy atom. The number of methoxy groups -OCH3 is 1. The van der Waals surface area contributed by atoms with Crippen LogP contribution in [0.15, 0.2) is 66.1 Å². The van der Waals surface area contributed by atoms with Crippen LogP contribution in [0, 0.1) is 0 Å². The second-order valence-electron chi connectivity index (χ2n) is 8.71. The molecule has 0 unspecified atom stereocenters. The lowest BCUT2D eigenvalue weighted by Crippen LogP contribution is -2.33. The third-order valence-corrected chi connectivity index (χ3v) is 7.19. The summed E-state index contributed by atoms with van der Waals surface area (Å²) in [6, 6.07) is 17.9. The molecule has 0 saturated carbocycles. The quantitative estimate of drug-likeness (QED) is 0.181. The zero-order chi connectivity index (χ0) is 25.8. The Morgan fingerprint density at radius 2 is 1.81 bits per heavy atom. The van der Waals surface area contributed by atoms with Gasteiger partial charge in [0.25, 0.3) is 0 Å². The van der Waals surface area contributed by atoms with E-state index in [1.54, 1.807) is 11.7 Å². The Balaban J connectivity index is 1.41. The van der Waals surface area contributed by atoms with Gasteiger partial charge >= 0.3 is 0 Å². The molecule has 37 heavy (non-hydrogen) atoms. The highest BCUT2D eigenvalue weighted by Gasteiger charge is 2.44. The van der Waals surface area contributed by atoms with Crippen molar-refractivity contribution in [3.05, 3.63) is 72.1 Å². The van der Waals surface area contributed by atoms with Gasteiger partial charge in [-0.3, -0.25) is 4.57 Å². The first kappa shape index (κ1) is 25.4. The predicted molar refractivity (Wildman–Crippen MR) is 140 cm³/mol. The number of rotatable bonds is 10. The zero-order valence-electron chi connectivity index (χ0n) is 20.3. The van der Waals surface area contributed by atoms with E-state index >= 15 is 0 Å². The van der Waals surface area contributed by atoms with Crippen molar-refractivity contribution >= 4 is 28.7 Å². The first-order valence-corrected chi connectivity index (χ1v) is 13.0. The second-order valence-corrected chi connectivity index (χ2v) is 9.65. The van der Waals surface area contributed by atoms with E-state index in [2.05, 4.69) is 10.3 Å². The molecule has 0 bridgehead atoms. The Morgan fingerprint density at radius 3 is 2.51 bits per heavy atom. The molecule has 194 valence electrons. The van der Waals surface area contributed by atoms with Crippen molar-refractivity contribution in [3.63, 3.8) is 0 Å². The molecule has 0 amide bonds. The number of hydrogen-bond donors (Lipinski definition) is 4. The average molecular weight is 524 g/mol. The highest BCUT2D eigenvalue weighted by molar-refractivity contribution is 7.98. The van der Waals surface area contributed by atoms with E-state index in [0.29, 0.717) is 34.4 Å². The van der Waals surface area contributed by atoms with Crippen LogP contribution >= 0.6 is 11.8 Å². The van der Waals surface area contributed by atoms with Gasteiger partial charge in [-0.1, -0.05) is 54.2 Å². The molecular formula is C26H29N5O5S. The Bertz CT molecular complexity index is 1320. The van der Waals surface area contributed by atoms with Crippen LogP contribution in [0.2, 0.25) is 0 Å². The Hall–Kier alpha value is -3.22. The Kier molecular flexibility index (Phi) is 7.87. The monoisotopic (exact) mass is 523 g/mol. The molecule has 1 aliphatic heterocycles. The summed E-state index contributed by atoms with van der Waals surface area (Å²) in [4.78, 5) is 13.9. The third-order valence-electron chi connectivity index (χ3n) is 6.27. The second kappa shape index (κ2) is 11.4. The lowest BCUT2D eigenvalue weighted by atomic mass is 10.1. The third kappa shape index (κ3) is 5.55. The van der Waals surface area contributed by atoms with E-state index in [-0.39, 0.29) is 0 Å². The summed E-state index contributed by atoms with van der Waals surface area (Å²) in [5.41, 5.74) is 3.28. The van der Waals surface area contributed by atoms with Crippen LogP contribution in [0.3, 0.4) is 0 Å². The van der Waals surface area contributed by atoms with Crippen LogP contribution in [0.25, 0.3) is 11.2 Å². The van der Waals surface area contributed by atoms with Gasteiger partial charge in [0.2, 0.25) is 0 Å². The largest absolute Gasteiger partial charge is 0.497 e. The normalized spacial score (nSPS) is 21.4. The number of aliphatic hydroxyl groups excluding tert-OH is 3. The summed E-state index contributed by atoms with van der Waals surface area (Å²) in [7, 11) is 1.64. The summed E-state index contributed by atoms with van der Waals surface area (Å²) in [5.74, 6) is 2.06. The maximum atomic E-state index is 10.6. The lowest BCUT2D eigenvalue weighted by Gasteiger charge is -2.17. The van der Waals surface area contributed by atoms with Crippen molar-refractivity contribution in [2.24, 2.45) is 0 Å². The van der Waals surface area contributed by atoms with Gasteiger partial charge in [0, 0.05) is 12.3 Å². The molecule has 11 heteroatoms. The number of aliphatic hydroxyl groups is 3. The molecule has 2 aromatic carbocycles. The van der Waals surface area contributed by atoms with Gasteiger partial charge in [-0.25, -0.2) is 15.0 Å². The molecule has 0 aliphatic carbocycles. The van der Waals surface area contributed by atoms with Gasteiger partial charge < -0.3 is 30.1 Å². The van der Waals surface area contributed by atoms with E-state index in [4.69, 9.17) is 19.4 Å². The maximum Gasteiger partial charge on any atom is 0.191 e. The van der Waals surface area contributed by atoms with Gasteiger partial charge in [0.05, 0.1) is 20.0 Å². The number of anilines is 1. The molecular weight excluding hydrogens is 494 g/mol. The van der Waals surface area contributed by atoms with Crippen molar-refractivity contribution in [1.82, 2.24) is 19.5 Å². The molecule has 0 spiro atoms. The van der Waals surface area contributed by atoms with E-state index in [1.807, 2.05) is 54.6 Å². The molecule has 1 aliphatic rings. The van der Waals surface area contributed by atoms with Gasteiger partial charge in [0.15, 0.2) is 28.4 Å². The number of nitrogens with zero attached hydrogens (tertiary/aromatic N) is 4. The van der Waals surface area contributed by atoms with Crippen molar-refractivity contribution in [3.8, 4) is 5.75 Å². The minimum absolute atomic E-state index is 0.410. The SMILES string of the molecule is COc1ccc(CCNc2nc(SCc3ccccc3)nc3c2ncn3[C@@H]2O[C@H](CO)[C@@H](O)[C@H]2O)cc1. The molecule has 3 heterocycles. The molecule has 4 aromatic rings. The van der Waals surface area contributed by atoms with E-state index in [1.165, 1.54) is 18.1 Å². The van der Waals surface area contributed by atoms with Crippen molar-refractivity contribution in [1.29, 1.82) is 0 Å². The molecule has 4 N–H and O–H groups in total. The van der Waals surface area contributed by atoms with Gasteiger partial charge in [-0.05, 0) is 29.7 Å². The fourth-order valence-corrected chi connectivity index (χ4v) is 5.02. The fourth-order valence-electron chi connectivity index (χ4n) is 4.22. The van der Waals surface area contributed by atoms with Crippen LogP contribution in [0.1, 0.15) is 17.4 Å². The van der Waals surface area contributed by atoms with Crippen LogP contribution in [-0.4, -0.2) is 73.4 Å². The number of benzene rings is 2. The van der Waals surface area contributed by atoms with Gasteiger partial charge in [-0.2, -0.15) is 0 Å². The van der Waals surface area contributed by atoms with Crippen molar-refractivity contribution < 1.29 is 24.8 Å². The minimum atomic E-state index is -1.24. The van der Waals surface area contributed by atoms with Crippen LogP contribution in [-0.2, 0) is 16.9 Å². The summed E-state index contributed by atoms with van der Waals surface area (Å²) >= 11 is 1.49. The van der Waals surface area contributed by atoms with Crippen LogP contribution in [0.5, 0.6) is 5.75 Å². The first-order chi connectivity index (χ1) is 18.1. The van der Waals surface area contributed by atoms with E-state index in [0.717, 1.165) is 23.3 Å². The molecule has 1 saturated heterocycles. The number of ether oxygens (including phenoxy) is 2.